The molecule has 0 aromatic heterocycles. The second-order valence-electron chi connectivity index (χ2n) is 15.0. The number of hydrogen-bond donors (Lipinski definition) is 1. The van der Waals surface area contributed by atoms with Crippen molar-refractivity contribution in [3.63, 3.8) is 0 Å². The van der Waals surface area contributed by atoms with Crippen LogP contribution < -0.4 is 0 Å². The highest BCUT2D eigenvalue weighted by Crippen LogP contribution is 2.42. The van der Waals surface area contributed by atoms with Gasteiger partial charge in [-0.2, -0.15) is 0 Å². The van der Waals surface area contributed by atoms with Crippen LogP contribution in [0.3, 0.4) is 0 Å². The van der Waals surface area contributed by atoms with Gasteiger partial charge in [0.25, 0.3) is 0 Å². The molecule has 1 aliphatic carbocycles. The zero-order valence-corrected chi connectivity index (χ0v) is 32.0. The molecule has 1 saturated heterocycles. The van der Waals surface area contributed by atoms with Gasteiger partial charge in [0.1, 0.15) is 24.4 Å². The molecule has 56 heavy (non-hydrogen) atoms. The summed E-state index contributed by atoms with van der Waals surface area (Å²) in [5, 5.41) is 13.3. The van der Waals surface area contributed by atoms with Gasteiger partial charge in [0.15, 0.2) is 0 Å². The van der Waals surface area contributed by atoms with Crippen LogP contribution in [0.1, 0.15) is 55.6 Å². The fourth-order valence-corrected chi connectivity index (χ4v) is 7.75. The second kappa shape index (κ2) is 17.9. The predicted octanol–water partition coefficient (Wildman–Crippen LogP) is 9.20. The lowest BCUT2D eigenvalue weighted by Gasteiger charge is -2.50. The Hall–Kier alpha value is -4.92. The molecule has 0 amide bonds. The first-order valence-electron chi connectivity index (χ1n) is 19.7. The molecular weight excluding hydrogens is 697 g/mol. The largest absolute Gasteiger partial charge is 0.374 e. The molecule has 8 rings (SSSR count). The van der Waals surface area contributed by atoms with Crippen LogP contribution in [0.2, 0.25) is 0 Å². The van der Waals surface area contributed by atoms with Crippen molar-refractivity contribution in [2.45, 2.75) is 82.8 Å². The zero-order valence-electron chi connectivity index (χ0n) is 32.0. The van der Waals surface area contributed by atoms with Gasteiger partial charge < -0.3 is 28.8 Å². The van der Waals surface area contributed by atoms with E-state index in [1.807, 2.05) is 127 Å². The molecule has 5 unspecified atom stereocenters. The fraction of sp³-hybridized carbons (Fsp3) is 0.280. The van der Waals surface area contributed by atoms with Gasteiger partial charge in [0.05, 0.1) is 33.0 Å². The number of hydrogen-bond acceptors (Lipinski definition) is 6. The molecule has 0 saturated carbocycles. The van der Waals surface area contributed by atoms with E-state index < -0.39 is 30.2 Å². The van der Waals surface area contributed by atoms with E-state index in [1.165, 1.54) is 16.7 Å². The lowest BCUT2D eigenvalue weighted by Crippen LogP contribution is -2.65. The molecule has 1 aliphatic heterocycles. The summed E-state index contributed by atoms with van der Waals surface area (Å²) in [6.45, 7) is 3.48. The smallest absolute Gasteiger partial charge is 0.222 e. The van der Waals surface area contributed by atoms with Crippen molar-refractivity contribution in [2.75, 3.05) is 6.61 Å². The number of aryl methyl sites for hydroxylation is 3. The fourth-order valence-electron chi connectivity index (χ4n) is 7.75. The predicted molar refractivity (Wildman–Crippen MR) is 218 cm³/mol. The molecule has 6 nitrogen and oxygen atoms in total. The van der Waals surface area contributed by atoms with Crippen molar-refractivity contribution >= 4 is 0 Å². The lowest BCUT2D eigenvalue weighted by atomic mass is 9.84. The third-order valence-electron chi connectivity index (χ3n) is 11.0. The van der Waals surface area contributed by atoms with Crippen LogP contribution in [-0.2, 0) is 75.2 Å². The summed E-state index contributed by atoms with van der Waals surface area (Å²) in [4.78, 5) is 0. The molecule has 1 heterocycles. The van der Waals surface area contributed by atoms with Gasteiger partial charge in [0.2, 0.25) is 5.79 Å². The first kappa shape index (κ1) is 38.0. The molecule has 6 aromatic rings. The van der Waals surface area contributed by atoms with E-state index in [4.69, 9.17) is 23.7 Å². The Bertz CT molecular complexity index is 2140. The van der Waals surface area contributed by atoms with E-state index >= 15 is 0 Å². The van der Waals surface area contributed by atoms with Crippen molar-refractivity contribution in [3.05, 3.63) is 213 Å². The first-order chi connectivity index (χ1) is 27.5. The van der Waals surface area contributed by atoms with Crippen LogP contribution in [0.15, 0.2) is 158 Å². The Morgan fingerprint density at radius 3 is 1.64 bits per heavy atom. The summed E-state index contributed by atoms with van der Waals surface area (Å²) in [5.74, 6) is -1.92. The first-order valence-corrected chi connectivity index (χ1v) is 19.7. The highest BCUT2D eigenvalue weighted by molar-refractivity contribution is 5.43. The van der Waals surface area contributed by atoms with Crippen LogP contribution in [0, 0.1) is 6.92 Å². The Morgan fingerprint density at radius 2 is 1.09 bits per heavy atom. The average Bonchev–Trinajstić information content (AvgIpc) is 3.22. The number of fused-ring (bicyclic) bond motifs is 1. The Kier molecular flexibility index (Phi) is 12.1. The second-order valence-corrected chi connectivity index (χ2v) is 15.0. The number of ether oxygens (including phenoxy) is 5. The maximum Gasteiger partial charge on any atom is 0.222 e. The third kappa shape index (κ3) is 9.03. The van der Waals surface area contributed by atoms with Crippen LogP contribution in [0.5, 0.6) is 0 Å². The summed E-state index contributed by atoms with van der Waals surface area (Å²) < 4.78 is 33.9. The molecule has 5 atom stereocenters. The molecule has 286 valence electrons. The highest BCUT2D eigenvalue weighted by Gasteiger charge is 2.57. The average molecular weight is 747 g/mol. The molecule has 6 heteroatoms. The van der Waals surface area contributed by atoms with Crippen molar-refractivity contribution in [3.8, 4) is 0 Å². The van der Waals surface area contributed by atoms with Gasteiger partial charge in [-0.3, -0.25) is 0 Å². The number of aliphatic hydroxyl groups is 1. The van der Waals surface area contributed by atoms with Crippen LogP contribution in [0.4, 0.5) is 0 Å². The van der Waals surface area contributed by atoms with Gasteiger partial charge in [-0.25, -0.2) is 0 Å². The summed E-state index contributed by atoms with van der Waals surface area (Å²) >= 11 is 0. The minimum atomic E-state index is -1.92. The minimum Gasteiger partial charge on any atom is -0.374 e. The molecule has 2 aliphatic rings. The summed E-state index contributed by atoms with van der Waals surface area (Å²) in [6, 6.07) is 53.1. The van der Waals surface area contributed by atoms with Gasteiger partial charge in [-0.05, 0) is 82.3 Å². The number of rotatable bonds is 16. The van der Waals surface area contributed by atoms with Crippen LogP contribution >= 0.6 is 0 Å². The molecule has 0 radical (unpaired) electrons. The third-order valence-corrected chi connectivity index (χ3v) is 11.0. The monoisotopic (exact) mass is 746 g/mol. The van der Waals surface area contributed by atoms with E-state index in [2.05, 4.69) is 37.3 Å². The van der Waals surface area contributed by atoms with Gasteiger partial charge in [0, 0.05) is 5.56 Å². The molecular formula is C50H50O6. The molecule has 6 aromatic carbocycles. The molecule has 0 spiro atoms. The number of benzene rings is 6. The summed E-state index contributed by atoms with van der Waals surface area (Å²) in [6.07, 6.45) is -0.112. The molecule has 0 bridgehead atoms. The van der Waals surface area contributed by atoms with E-state index in [1.54, 1.807) is 0 Å². The minimum absolute atomic E-state index is 0.154. The standard InChI is InChI=1S/C50H50O6/c1-36-22-27-45(30-44(36)29-41-23-24-42-25-26-43(42)28-41)50(51)49(55-34-40-20-12-5-13-21-40)48(54-33-39-18-10-4-11-19-39)47(53-32-38-16-8-3-9-17-38)46(56-50)35-52-31-37-14-6-2-7-15-37/h2-24,27-28,30,46-49,51H,25-26,29,31-35H2,1H3. The van der Waals surface area contributed by atoms with E-state index in [0.717, 1.165) is 52.6 Å². The van der Waals surface area contributed by atoms with E-state index in [0.29, 0.717) is 18.8 Å². The topological polar surface area (TPSA) is 66.4 Å². The SMILES string of the molecule is Cc1ccc(C2(O)OC(COCc3ccccc3)C(OCc3ccccc3)C(OCc3ccccc3)C2OCc2ccccc2)cc1Cc1ccc2c(c1)CC2. The van der Waals surface area contributed by atoms with Crippen molar-refractivity contribution in [2.24, 2.45) is 0 Å². The summed E-state index contributed by atoms with van der Waals surface area (Å²) in [7, 11) is 0. The van der Waals surface area contributed by atoms with Gasteiger partial charge in [-0.15, -0.1) is 0 Å². The Balaban J connectivity index is 1.18. The Labute approximate surface area is 330 Å². The maximum absolute atomic E-state index is 13.3. The normalized spacial score (nSPS) is 21.6. The highest BCUT2D eigenvalue weighted by atomic mass is 16.7. The quantitative estimate of drug-likeness (QED) is 0.107. The van der Waals surface area contributed by atoms with Crippen LogP contribution in [-0.4, -0.2) is 36.1 Å². The maximum atomic E-state index is 13.3. The zero-order chi connectivity index (χ0) is 38.2. The lowest BCUT2D eigenvalue weighted by molar-refractivity contribution is -0.378. The van der Waals surface area contributed by atoms with Crippen molar-refractivity contribution < 1.29 is 28.8 Å². The Morgan fingerprint density at radius 1 is 0.554 bits per heavy atom. The van der Waals surface area contributed by atoms with Crippen molar-refractivity contribution in [1.29, 1.82) is 0 Å². The van der Waals surface area contributed by atoms with Crippen molar-refractivity contribution in [1.82, 2.24) is 0 Å². The molecule has 1 N–H and O–H groups in total. The van der Waals surface area contributed by atoms with Crippen LogP contribution in [0.25, 0.3) is 0 Å². The molecule has 1 fully saturated rings. The summed E-state index contributed by atoms with van der Waals surface area (Å²) in [5.41, 5.74) is 11.0. The van der Waals surface area contributed by atoms with Gasteiger partial charge in [-0.1, -0.05) is 152 Å². The van der Waals surface area contributed by atoms with E-state index in [-0.39, 0.29) is 19.8 Å². The van der Waals surface area contributed by atoms with E-state index in [9.17, 15) is 5.11 Å². The van der Waals surface area contributed by atoms with Gasteiger partial charge >= 0.3 is 0 Å².